The Morgan fingerprint density at radius 2 is 1.91 bits per heavy atom. The van der Waals surface area contributed by atoms with Crippen LogP contribution in [0.15, 0.2) is 41.3 Å². The molecule has 0 saturated carbocycles. The minimum Gasteiger partial charge on any atom is -0.496 e. The van der Waals surface area contributed by atoms with Crippen LogP contribution in [0.25, 0.3) is 10.8 Å². The predicted molar refractivity (Wildman–Crippen MR) is 85.0 cm³/mol. The van der Waals surface area contributed by atoms with Gasteiger partial charge in [-0.15, -0.1) is 0 Å². The number of rotatable bonds is 4. The smallest absolute Gasteiger partial charge is 0.322 e. The van der Waals surface area contributed by atoms with Gasteiger partial charge < -0.3 is 9.84 Å². The summed E-state index contributed by atoms with van der Waals surface area (Å²) in [5.41, 5.74) is 0. The van der Waals surface area contributed by atoms with Gasteiger partial charge in [0.25, 0.3) is 0 Å². The molecule has 1 fully saturated rings. The van der Waals surface area contributed by atoms with Gasteiger partial charge in [0.05, 0.1) is 12.0 Å². The maximum Gasteiger partial charge on any atom is 0.322 e. The zero-order valence-corrected chi connectivity index (χ0v) is 13.4. The van der Waals surface area contributed by atoms with Crippen molar-refractivity contribution in [1.29, 1.82) is 0 Å². The summed E-state index contributed by atoms with van der Waals surface area (Å²) in [6, 6.07) is 9.12. The Morgan fingerprint density at radius 1 is 1.22 bits per heavy atom. The highest BCUT2D eigenvalue weighted by atomic mass is 32.2. The summed E-state index contributed by atoms with van der Waals surface area (Å²) in [6.45, 7) is 0.222. The van der Waals surface area contributed by atoms with Crippen molar-refractivity contribution >= 4 is 26.8 Å². The van der Waals surface area contributed by atoms with E-state index < -0.39 is 22.0 Å². The molecule has 0 amide bonds. The van der Waals surface area contributed by atoms with Gasteiger partial charge in [0, 0.05) is 17.3 Å². The number of sulfonamides is 1. The van der Waals surface area contributed by atoms with Crippen molar-refractivity contribution in [3.63, 3.8) is 0 Å². The second-order valence-corrected chi connectivity index (χ2v) is 7.28. The molecular formula is C16H17NO5S. The molecule has 6 nitrogen and oxygen atoms in total. The van der Waals surface area contributed by atoms with Gasteiger partial charge in [0.2, 0.25) is 10.0 Å². The van der Waals surface area contributed by atoms with Gasteiger partial charge in [-0.1, -0.05) is 24.3 Å². The largest absolute Gasteiger partial charge is 0.496 e. The van der Waals surface area contributed by atoms with E-state index in [1.54, 1.807) is 30.3 Å². The van der Waals surface area contributed by atoms with E-state index in [4.69, 9.17) is 4.74 Å². The van der Waals surface area contributed by atoms with E-state index in [-0.39, 0.29) is 11.4 Å². The molecule has 122 valence electrons. The monoisotopic (exact) mass is 335 g/mol. The first-order valence-corrected chi connectivity index (χ1v) is 8.71. The number of carbonyl (C=O) groups is 1. The van der Waals surface area contributed by atoms with E-state index in [0.717, 1.165) is 4.31 Å². The Bertz CT molecular complexity index is 862. The summed E-state index contributed by atoms with van der Waals surface area (Å²) >= 11 is 0. The number of fused-ring (bicyclic) bond motifs is 1. The van der Waals surface area contributed by atoms with Crippen LogP contribution in [0.4, 0.5) is 0 Å². The number of hydrogen-bond donors (Lipinski definition) is 1. The number of aliphatic carboxylic acids is 1. The molecule has 2 aromatic carbocycles. The van der Waals surface area contributed by atoms with Crippen LogP contribution in [0.1, 0.15) is 12.8 Å². The van der Waals surface area contributed by atoms with Crippen molar-refractivity contribution in [1.82, 2.24) is 4.31 Å². The van der Waals surface area contributed by atoms with Crippen LogP contribution in [0.5, 0.6) is 5.75 Å². The molecule has 0 bridgehead atoms. The van der Waals surface area contributed by atoms with Gasteiger partial charge >= 0.3 is 5.97 Å². The van der Waals surface area contributed by atoms with Gasteiger partial charge in [0.1, 0.15) is 11.8 Å². The Balaban J connectivity index is 2.18. The molecule has 3 rings (SSSR count). The van der Waals surface area contributed by atoms with Crippen molar-refractivity contribution in [3.8, 4) is 5.75 Å². The highest BCUT2D eigenvalue weighted by Gasteiger charge is 2.40. The molecule has 1 aliphatic rings. The number of hydrogen-bond acceptors (Lipinski definition) is 4. The molecule has 1 heterocycles. The molecule has 0 spiro atoms. The summed E-state index contributed by atoms with van der Waals surface area (Å²) in [4.78, 5) is 11.4. The maximum atomic E-state index is 13.0. The number of ether oxygens (including phenoxy) is 1. The van der Waals surface area contributed by atoms with Crippen molar-refractivity contribution in [2.75, 3.05) is 13.7 Å². The van der Waals surface area contributed by atoms with Crippen molar-refractivity contribution < 1.29 is 23.1 Å². The molecule has 1 atom stereocenters. The Hall–Kier alpha value is -2.12. The lowest BCUT2D eigenvalue weighted by Gasteiger charge is -2.22. The molecule has 1 N–H and O–H groups in total. The number of nitrogens with zero attached hydrogens (tertiary/aromatic N) is 1. The van der Waals surface area contributed by atoms with Crippen LogP contribution in [-0.4, -0.2) is 43.5 Å². The summed E-state index contributed by atoms with van der Waals surface area (Å²) in [5, 5.41) is 10.5. The standard InChI is InChI=1S/C16H17NO5S/c1-22-14-8-9-15(12-6-3-2-5-11(12)14)23(20,21)17-10-4-7-13(17)16(18)19/h2-3,5-6,8-9,13H,4,7,10H2,1H3,(H,18,19). The third-order valence-corrected chi connectivity index (χ3v) is 6.11. The first kappa shape index (κ1) is 15.8. The van der Waals surface area contributed by atoms with E-state index in [0.29, 0.717) is 29.4 Å². The normalized spacial score (nSPS) is 19.1. The van der Waals surface area contributed by atoms with Crippen LogP contribution in [0.2, 0.25) is 0 Å². The maximum absolute atomic E-state index is 13.0. The minimum atomic E-state index is -3.89. The van der Waals surface area contributed by atoms with Crippen molar-refractivity contribution in [2.45, 2.75) is 23.8 Å². The van der Waals surface area contributed by atoms with Crippen molar-refractivity contribution in [3.05, 3.63) is 36.4 Å². The van der Waals surface area contributed by atoms with Crippen LogP contribution < -0.4 is 4.74 Å². The fourth-order valence-corrected chi connectivity index (χ4v) is 4.90. The minimum absolute atomic E-state index is 0.113. The molecule has 23 heavy (non-hydrogen) atoms. The molecule has 1 saturated heterocycles. The number of methoxy groups -OCH3 is 1. The average molecular weight is 335 g/mol. The van der Waals surface area contributed by atoms with E-state index in [2.05, 4.69) is 0 Å². The predicted octanol–water partition coefficient (Wildman–Crippen LogP) is 2.09. The lowest BCUT2D eigenvalue weighted by Crippen LogP contribution is -2.40. The zero-order valence-electron chi connectivity index (χ0n) is 12.6. The Morgan fingerprint density at radius 3 is 2.57 bits per heavy atom. The summed E-state index contributed by atoms with van der Waals surface area (Å²) < 4.78 is 32.3. The summed E-state index contributed by atoms with van der Waals surface area (Å²) in [5.74, 6) is -0.528. The molecule has 0 aromatic heterocycles. The zero-order chi connectivity index (χ0) is 16.6. The third-order valence-electron chi connectivity index (χ3n) is 4.14. The Kier molecular flexibility index (Phi) is 3.99. The summed E-state index contributed by atoms with van der Waals surface area (Å²) in [7, 11) is -2.36. The van der Waals surface area contributed by atoms with Crippen LogP contribution in [0, 0.1) is 0 Å². The lowest BCUT2D eigenvalue weighted by atomic mass is 10.1. The lowest BCUT2D eigenvalue weighted by molar-refractivity contribution is -0.140. The fourth-order valence-electron chi connectivity index (χ4n) is 3.05. The third kappa shape index (κ3) is 2.55. The second kappa shape index (κ2) is 5.82. The molecule has 1 aliphatic heterocycles. The molecule has 0 radical (unpaired) electrons. The quantitative estimate of drug-likeness (QED) is 0.925. The first-order valence-electron chi connectivity index (χ1n) is 7.27. The average Bonchev–Trinajstić information content (AvgIpc) is 3.04. The molecule has 7 heteroatoms. The van der Waals surface area contributed by atoms with Gasteiger partial charge in [-0.25, -0.2) is 8.42 Å². The fraction of sp³-hybridized carbons (Fsp3) is 0.312. The molecular weight excluding hydrogens is 318 g/mol. The van der Waals surface area contributed by atoms with E-state index in [9.17, 15) is 18.3 Å². The highest BCUT2D eigenvalue weighted by Crippen LogP contribution is 2.34. The number of carboxylic acid groups (broad SMARTS) is 1. The Labute approximate surface area is 134 Å². The first-order chi connectivity index (χ1) is 11.0. The van der Waals surface area contributed by atoms with Crippen LogP contribution in [-0.2, 0) is 14.8 Å². The van der Waals surface area contributed by atoms with Crippen LogP contribution >= 0.6 is 0 Å². The second-order valence-electron chi connectivity index (χ2n) is 5.42. The highest BCUT2D eigenvalue weighted by molar-refractivity contribution is 7.89. The van der Waals surface area contributed by atoms with E-state index >= 15 is 0 Å². The summed E-state index contributed by atoms with van der Waals surface area (Å²) in [6.07, 6.45) is 0.882. The molecule has 2 aromatic rings. The molecule has 0 aliphatic carbocycles. The van der Waals surface area contributed by atoms with Gasteiger partial charge in [-0.2, -0.15) is 4.31 Å². The molecule has 1 unspecified atom stereocenters. The van der Waals surface area contributed by atoms with Crippen molar-refractivity contribution in [2.24, 2.45) is 0 Å². The van der Waals surface area contributed by atoms with Crippen LogP contribution in [0.3, 0.4) is 0 Å². The SMILES string of the molecule is COc1ccc(S(=O)(=O)N2CCCC2C(=O)O)c2ccccc12. The van der Waals surface area contributed by atoms with E-state index in [1.807, 2.05) is 0 Å². The number of benzene rings is 2. The topological polar surface area (TPSA) is 83.9 Å². The van der Waals surface area contributed by atoms with E-state index in [1.165, 1.54) is 13.2 Å². The number of carboxylic acids is 1. The van der Waals surface area contributed by atoms with Gasteiger partial charge in [-0.05, 0) is 25.0 Å². The van der Waals surface area contributed by atoms with Gasteiger partial charge in [0.15, 0.2) is 0 Å². The van der Waals surface area contributed by atoms with Gasteiger partial charge in [-0.3, -0.25) is 4.79 Å².